The number of benzene rings is 3. The number of hydrogen-bond donors (Lipinski definition) is 2. The normalized spacial score (nSPS) is 11.4. The number of nitrogens with zero attached hydrogens (tertiary/aromatic N) is 2. The maximum Gasteiger partial charge on any atom is 0.154 e. The molecule has 2 N–H and O–H groups in total. The van der Waals surface area contributed by atoms with Gasteiger partial charge < -0.3 is 15.0 Å². The predicted molar refractivity (Wildman–Crippen MR) is 138 cm³/mol. The molecule has 5 nitrogen and oxygen atoms in total. The van der Waals surface area contributed by atoms with E-state index in [0.29, 0.717) is 5.82 Å². The minimum atomic E-state index is -0.244. The van der Waals surface area contributed by atoms with Crippen molar-refractivity contribution in [1.29, 1.82) is 0 Å². The molecule has 170 valence electrons. The molecule has 0 radical (unpaired) electrons. The number of aromatic amines is 1. The van der Waals surface area contributed by atoms with Crippen LogP contribution < -0.4 is 10.1 Å². The second-order valence-electron chi connectivity index (χ2n) is 7.98. The summed E-state index contributed by atoms with van der Waals surface area (Å²) >= 11 is 1.64. The molecular formula is C27H23FN4OS. The van der Waals surface area contributed by atoms with Crippen molar-refractivity contribution >= 4 is 39.3 Å². The summed E-state index contributed by atoms with van der Waals surface area (Å²) in [7, 11) is 1.90. The van der Waals surface area contributed by atoms with Crippen LogP contribution in [0.5, 0.6) is 11.5 Å². The van der Waals surface area contributed by atoms with Crippen LogP contribution in [0, 0.1) is 19.7 Å². The van der Waals surface area contributed by atoms with Gasteiger partial charge in [0.25, 0.3) is 0 Å². The number of hydrogen-bond acceptors (Lipinski definition) is 5. The summed E-state index contributed by atoms with van der Waals surface area (Å²) in [6, 6.07) is 18.9. The largest absolute Gasteiger partial charge is 0.455 e. The zero-order valence-electron chi connectivity index (χ0n) is 19.0. The Labute approximate surface area is 201 Å². The molecule has 0 unspecified atom stereocenters. The van der Waals surface area contributed by atoms with E-state index in [1.54, 1.807) is 17.4 Å². The molecule has 0 fully saturated rings. The molecular weight excluding hydrogens is 447 g/mol. The summed E-state index contributed by atoms with van der Waals surface area (Å²) in [5, 5.41) is 12.2. The average Bonchev–Trinajstić information content (AvgIpc) is 3.41. The van der Waals surface area contributed by atoms with Crippen LogP contribution in [0.3, 0.4) is 0 Å². The van der Waals surface area contributed by atoms with Gasteiger partial charge in [0.1, 0.15) is 17.4 Å². The fourth-order valence-electron chi connectivity index (χ4n) is 3.77. The SMILES string of the molecule is CNc1ccc2c(Oc3ccc(/C=C/c4nnc(C)[nH]4)cc3)c(-c3ccc(F)cc3C)sc2c1. The number of aromatic nitrogens is 3. The lowest BCUT2D eigenvalue weighted by atomic mass is 10.1. The summed E-state index contributed by atoms with van der Waals surface area (Å²) in [6.45, 7) is 3.79. The topological polar surface area (TPSA) is 62.8 Å². The molecule has 0 spiro atoms. The van der Waals surface area contributed by atoms with E-state index in [0.717, 1.165) is 54.7 Å². The first-order chi connectivity index (χ1) is 16.5. The van der Waals surface area contributed by atoms with E-state index < -0.39 is 0 Å². The highest BCUT2D eigenvalue weighted by molar-refractivity contribution is 7.22. The quantitative estimate of drug-likeness (QED) is 0.271. The van der Waals surface area contributed by atoms with Gasteiger partial charge in [0.15, 0.2) is 11.6 Å². The number of fused-ring (bicyclic) bond motifs is 1. The first-order valence-corrected chi connectivity index (χ1v) is 11.7. The number of thiophene rings is 1. The van der Waals surface area contributed by atoms with Gasteiger partial charge in [-0.25, -0.2) is 4.39 Å². The Morgan fingerprint density at radius 3 is 2.50 bits per heavy atom. The van der Waals surface area contributed by atoms with E-state index >= 15 is 0 Å². The molecule has 7 heteroatoms. The fraction of sp³-hybridized carbons (Fsp3) is 0.111. The van der Waals surface area contributed by atoms with Crippen molar-refractivity contribution in [2.24, 2.45) is 0 Å². The molecule has 2 heterocycles. The van der Waals surface area contributed by atoms with Crippen molar-refractivity contribution in [2.45, 2.75) is 13.8 Å². The van der Waals surface area contributed by atoms with Gasteiger partial charge in [-0.15, -0.1) is 21.5 Å². The third kappa shape index (κ3) is 4.43. The zero-order chi connectivity index (χ0) is 23.7. The maximum absolute atomic E-state index is 13.8. The lowest BCUT2D eigenvalue weighted by Crippen LogP contribution is -1.89. The van der Waals surface area contributed by atoms with Crippen molar-refractivity contribution in [2.75, 3.05) is 12.4 Å². The summed E-state index contributed by atoms with van der Waals surface area (Å²) < 4.78 is 21.3. The predicted octanol–water partition coefficient (Wildman–Crippen LogP) is 7.45. The fourth-order valence-corrected chi connectivity index (χ4v) is 5.03. The average molecular weight is 471 g/mol. The molecule has 0 aliphatic carbocycles. The summed E-state index contributed by atoms with van der Waals surface area (Å²) in [4.78, 5) is 4.06. The van der Waals surface area contributed by atoms with Crippen LogP contribution in [0.4, 0.5) is 10.1 Å². The molecule has 2 aromatic heterocycles. The van der Waals surface area contributed by atoms with Crippen LogP contribution in [0.25, 0.3) is 32.7 Å². The number of anilines is 1. The number of ether oxygens (including phenoxy) is 1. The molecule has 0 amide bonds. The monoisotopic (exact) mass is 470 g/mol. The van der Waals surface area contributed by atoms with Crippen molar-refractivity contribution in [3.05, 3.63) is 89.3 Å². The van der Waals surface area contributed by atoms with E-state index in [2.05, 4.69) is 32.6 Å². The molecule has 0 aliphatic heterocycles. The van der Waals surface area contributed by atoms with Crippen LogP contribution in [0.2, 0.25) is 0 Å². The zero-order valence-corrected chi connectivity index (χ0v) is 19.8. The number of H-pyrrole nitrogens is 1. The molecule has 5 rings (SSSR count). The lowest BCUT2D eigenvalue weighted by Gasteiger charge is -2.10. The second kappa shape index (κ2) is 9.11. The van der Waals surface area contributed by atoms with Crippen LogP contribution in [-0.4, -0.2) is 22.2 Å². The van der Waals surface area contributed by atoms with Crippen molar-refractivity contribution in [3.8, 4) is 21.9 Å². The molecule has 34 heavy (non-hydrogen) atoms. The van der Waals surface area contributed by atoms with Crippen LogP contribution >= 0.6 is 11.3 Å². The second-order valence-corrected chi connectivity index (χ2v) is 9.03. The van der Waals surface area contributed by atoms with E-state index in [1.807, 2.05) is 69.4 Å². The minimum Gasteiger partial charge on any atom is -0.455 e. The van der Waals surface area contributed by atoms with E-state index in [4.69, 9.17) is 4.74 Å². The highest BCUT2D eigenvalue weighted by Crippen LogP contribution is 2.47. The lowest BCUT2D eigenvalue weighted by molar-refractivity contribution is 0.491. The first-order valence-electron chi connectivity index (χ1n) is 10.9. The summed E-state index contributed by atoms with van der Waals surface area (Å²) in [6.07, 6.45) is 3.85. The molecule has 0 saturated carbocycles. The third-order valence-electron chi connectivity index (χ3n) is 5.52. The molecule has 5 aromatic rings. The van der Waals surface area contributed by atoms with Gasteiger partial charge in [-0.1, -0.05) is 24.3 Å². The molecule has 0 atom stereocenters. The Balaban J connectivity index is 1.50. The summed E-state index contributed by atoms with van der Waals surface area (Å²) in [5.41, 5.74) is 3.88. The Kier molecular flexibility index (Phi) is 5.86. The molecule has 0 aliphatic rings. The number of halogens is 1. The molecule has 0 saturated heterocycles. The van der Waals surface area contributed by atoms with Gasteiger partial charge in [-0.3, -0.25) is 0 Å². The van der Waals surface area contributed by atoms with Crippen LogP contribution in [0.1, 0.15) is 22.8 Å². The van der Waals surface area contributed by atoms with Crippen LogP contribution in [-0.2, 0) is 0 Å². The van der Waals surface area contributed by atoms with Crippen molar-refractivity contribution in [1.82, 2.24) is 15.2 Å². The Hall–Kier alpha value is -3.97. The Morgan fingerprint density at radius 2 is 1.79 bits per heavy atom. The Bertz CT molecular complexity index is 1500. The minimum absolute atomic E-state index is 0.244. The van der Waals surface area contributed by atoms with Gasteiger partial charge in [0, 0.05) is 22.8 Å². The van der Waals surface area contributed by atoms with Crippen molar-refractivity contribution < 1.29 is 9.13 Å². The van der Waals surface area contributed by atoms with Gasteiger partial charge >= 0.3 is 0 Å². The van der Waals surface area contributed by atoms with Gasteiger partial charge in [0.05, 0.1) is 4.88 Å². The van der Waals surface area contributed by atoms with E-state index in [-0.39, 0.29) is 5.82 Å². The maximum atomic E-state index is 13.8. The third-order valence-corrected chi connectivity index (χ3v) is 6.68. The Morgan fingerprint density at radius 1 is 0.971 bits per heavy atom. The smallest absolute Gasteiger partial charge is 0.154 e. The van der Waals surface area contributed by atoms with Crippen molar-refractivity contribution in [3.63, 3.8) is 0 Å². The standard InChI is InChI=1S/C27H23FN4OS/c1-16-14-19(28)7-11-22(16)27-26(23-12-8-20(29-3)15-24(23)34-27)33-21-9-4-18(5-10-21)6-13-25-30-17(2)31-32-25/h4-15,29H,1-3H3,(H,30,31,32)/b13-6+. The van der Waals surface area contributed by atoms with Crippen LogP contribution in [0.15, 0.2) is 60.7 Å². The summed E-state index contributed by atoms with van der Waals surface area (Å²) in [5.74, 6) is 2.75. The van der Waals surface area contributed by atoms with Gasteiger partial charge in [-0.2, -0.15) is 0 Å². The van der Waals surface area contributed by atoms with E-state index in [1.165, 1.54) is 6.07 Å². The number of aryl methyl sites for hydroxylation is 2. The van der Waals surface area contributed by atoms with Gasteiger partial charge in [0.2, 0.25) is 0 Å². The van der Waals surface area contributed by atoms with Gasteiger partial charge in [-0.05, 0) is 79.1 Å². The molecule has 0 bridgehead atoms. The number of nitrogens with one attached hydrogen (secondary N) is 2. The highest BCUT2D eigenvalue weighted by atomic mass is 32.1. The highest BCUT2D eigenvalue weighted by Gasteiger charge is 2.18. The first kappa shape index (κ1) is 21.9. The number of rotatable bonds is 6. The van der Waals surface area contributed by atoms with E-state index in [9.17, 15) is 4.39 Å². The molecule has 3 aromatic carbocycles.